The number of carbonyl (C=O) groups excluding carboxylic acids is 4. The van der Waals surface area contributed by atoms with Crippen LogP contribution in [-0.2, 0) is 4.79 Å². The summed E-state index contributed by atoms with van der Waals surface area (Å²) in [6.45, 7) is 6.37. The number of aromatic nitrogens is 3. The third-order valence-electron chi connectivity index (χ3n) is 10.8. The van der Waals surface area contributed by atoms with Gasteiger partial charge < -0.3 is 14.8 Å². The van der Waals surface area contributed by atoms with Crippen LogP contribution in [0.5, 0.6) is 0 Å². The first-order chi connectivity index (χ1) is 24.9. The van der Waals surface area contributed by atoms with Gasteiger partial charge in [0.15, 0.2) is 0 Å². The first kappa shape index (κ1) is 31.2. The number of fused-ring (bicyclic) bond motifs is 4. The van der Waals surface area contributed by atoms with Crippen molar-refractivity contribution in [2.75, 3.05) is 62.2 Å². The molecule has 7 heterocycles. The summed E-state index contributed by atoms with van der Waals surface area (Å²) >= 11 is 0. The Bertz CT molecular complexity index is 2200. The maximum atomic E-state index is 13.6. The van der Waals surface area contributed by atoms with Gasteiger partial charge in [-0.05, 0) is 60.7 Å². The number of H-pyrrole nitrogens is 1. The number of nitrogens with zero attached hydrogens (tertiary/aromatic N) is 7. The number of hydrazine groups is 1. The van der Waals surface area contributed by atoms with Gasteiger partial charge in [-0.25, -0.2) is 14.8 Å². The summed E-state index contributed by atoms with van der Waals surface area (Å²) in [5.41, 5.74) is 5.73. The van der Waals surface area contributed by atoms with Crippen molar-refractivity contribution in [3.63, 3.8) is 0 Å². The predicted octanol–water partition coefficient (Wildman–Crippen LogP) is 4.27. The van der Waals surface area contributed by atoms with E-state index in [9.17, 15) is 19.2 Å². The summed E-state index contributed by atoms with van der Waals surface area (Å²) < 4.78 is 0. The summed E-state index contributed by atoms with van der Waals surface area (Å²) in [4.78, 5) is 70.6. The van der Waals surface area contributed by atoms with Gasteiger partial charge in [-0.1, -0.05) is 18.2 Å². The van der Waals surface area contributed by atoms with E-state index in [0.717, 1.165) is 108 Å². The first-order valence-corrected chi connectivity index (χ1v) is 17.6. The van der Waals surface area contributed by atoms with Gasteiger partial charge in [-0.3, -0.25) is 29.6 Å². The summed E-state index contributed by atoms with van der Waals surface area (Å²) in [6.07, 6.45) is 7.67. The number of piperazine rings is 1. The van der Waals surface area contributed by atoms with Gasteiger partial charge in [0.2, 0.25) is 5.91 Å². The van der Waals surface area contributed by atoms with Gasteiger partial charge in [0, 0.05) is 98.2 Å². The number of piperidine rings is 1. The van der Waals surface area contributed by atoms with Crippen molar-refractivity contribution in [1.82, 2.24) is 35.2 Å². The average Bonchev–Trinajstić information content (AvgIpc) is 3.66. The van der Waals surface area contributed by atoms with Gasteiger partial charge in [-0.15, -0.1) is 0 Å². The van der Waals surface area contributed by atoms with Gasteiger partial charge in [0.1, 0.15) is 5.82 Å². The molecule has 3 saturated heterocycles. The van der Waals surface area contributed by atoms with Crippen LogP contribution in [-0.4, -0.2) is 106 Å². The van der Waals surface area contributed by atoms with E-state index in [1.54, 1.807) is 18.3 Å². The number of aromatic amines is 1. The zero-order valence-electron chi connectivity index (χ0n) is 28.0. The fourth-order valence-electron chi connectivity index (χ4n) is 8.03. The Morgan fingerprint density at radius 1 is 0.745 bits per heavy atom. The zero-order valence-corrected chi connectivity index (χ0v) is 28.0. The molecule has 2 aromatic carbocycles. The Hall–Kier alpha value is -5.82. The van der Waals surface area contributed by atoms with E-state index in [-0.39, 0.29) is 18.5 Å². The molecule has 0 radical (unpaired) electrons. The second-order valence-electron chi connectivity index (χ2n) is 13.8. The molecule has 0 bridgehead atoms. The lowest BCUT2D eigenvalue weighted by Crippen LogP contribution is -2.58. The molecule has 4 aliphatic heterocycles. The van der Waals surface area contributed by atoms with E-state index >= 15 is 0 Å². The molecule has 4 aliphatic rings. The van der Waals surface area contributed by atoms with E-state index in [4.69, 9.17) is 4.98 Å². The highest BCUT2D eigenvalue weighted by molar-refractivity contribution is 6.24. The number of nitrogens with one attached hydrogen (secondary N) is 2. The number of rotatable bonds is 6. The van der Waals surface area contributed by atoms with E-state index in [0.29, 0.717) is 11.5 Å². The smallest absolute Gasteiger partial charge is 0.343 e. The Labute approximate surface area is 293 Å². The maximum Gasteiger partial charge on any atom is 0.343 e. The van der Waals surface area contributed by atoms with Crippen molar-refractivity contribution in [3.8, 4) is 11.1 Å². The van der Waals surface area contributed by atoms with Crippen LogP contribution in [0.25, 0.3) is 32.9 Å². The molecule has 5 amide bonds. The molecule has 0 unspecified atom stereocenters. The number of hydrogen-bond donors (Lipinski definition) is 2. The predicted molar refractivity (Wildman–Crippen MR) is 192 cm³/mol. The monoisotopic (exact) mass is 683 g/mol. The molecule has 13 nitrogen and oxygen atoms in total. The van der Waals surface area contributed by atoms with Crippen LogP contribution in [0, 0.1) is 5.92 Å². The SMILES string of the molecule is O=C1CCN(N2C(=O)c3cccc(N4CCC(CN5CCN(c6ccc(-c7ccc8c(c7)[nH]c7ccncc78)cn6)CC5)CC4)c3C2=O)C(=O)N1. The minimum Gasteiger partial charge on any atom is -0.371 e. The third-order valence-corrected chi connectivity index (χ3v) is 10.8. The highest BCUT2D eigenvalue weighted by Gasteiger charge is 2.45. The highest BCUT2D eigenvalue weighted by Crippen LogP contribution is 2.35. The Kier molecular flexibility index (Phi) is 7.64. The number of pyridine rings is 2. The summed E-state index contributed by atoms with van der Waals surface area (Å²) in [5, 5.41) is 6.42. The molecule has 0 spiro atoms. The number of amides is 5. The second kappa shape index (κ2) is 12.5. The number of hydrogen-bond acceptors (Lipinski definition) is 9. The van der Waals surface area contributed by atoms with Crippen molar-refractivity contribution in [2.24, 2.45) is 5.92 Å². The normalized spacial score (nSPS) is 19.1. The standard InChI is InChI=1S/C38H37N9O4/c48-34-11-15-46(38(51)42-34)47-36(49)28-2-1-3-32(35(28)37(47)50)44-13-9-24(10-14-44)23-43-16-18-45(19-17-43)33-7-5-26(21-40-33)25-4-6-27-29-22-39-12-8-30(29)41-31(27)20-25/h1-8,12,20-22,24,41H,9-11,13-19,23H2,(H,42,48,51). The fraction of sp³-hybridized carbons (Fsp3) is 0.316. The van der Waals surface area contributed by atoms with Crippen LogP contribution in [0.4, 0.5) is 16.3 Å². The number of carbonyl (C=O) groups is 4. The minimum absolute atomic E-state index is 0.0174. The Morgan fingerprint density at radius 2 is 1.57 bits per heavy atom. The van der Waals surface area contributed by atoms with Crippen LogP contribution < -0.4 is 15.1 Å². The van der Waals surface area contributed by atoms with Crippen LogP contribution in [0.2, 0.25) is 0 Å². The fourth-order valence-corrected chi connectivity index (χ4v) is 8.03. The lowest BCUT2D eigenvalue weighted by atomic mass is 9.94. The van der Waals surface area contributed by atoms with E-state index in [1.807, 2.05) is 24.5 Å². The molecule has 0 atom stereocenters. The van der Waals surface area contributed by atoms with Crippen LogP contribution in [0.1, 0.15) is 40.0 Å². The summed E-state index contributed by atoms with van der Waals surface area (Å²) in [7, 11) is 0. The molecule has 5 aromatic rings. The molecule has 51 heavy (non-hydrogen) atoms. The summed E-state index contributed by atoms with van der Waals surface area (Å²) in [5.74, 6) is 0.0553. The van der Waals surface area contributed by atoms with Crippen molar-refractivity contribution in [3.05, 3.63) is 84.3 Å². The molecule has 258 valence electrons. The highest BCUT2D eigenvalue weighted by atomic mass is 16.2. The molecule has 9 rings (SSSR count). The topological polar surface area (TPSA) is 138 Å². The van der Waals surface area contributed by atoms with Gasteiger partial charge in [-0.2, -0.15) is 5.01 Å². The van der Waals surface area contributed by atoms with Gasteiger partial charge in [0.25, 0.3) is 11.8 Å². The Morgan fingerprint density at radius 3 is 2.35 bits per heavy atom. The lowest BCUT2D eigenvalue weighted by Gasteiger charge is -2.40. The first-order valence-electron chi connectivity index (χ1n) is 17.6. The Balaban J connectivity index is 0.788. The molecule has 0 saturated carbocycles. The van der Waals surface area contributed by atoms with Crippen LogP contribution in [0.15, 0.2) is 73.2 Å². The third kappa shape index (κ3) is 5.53. The van der Waals surface area contributed by atoms with Crippen LogP contribution >= 0.6 is 0 Å². The lowest BCUT2D eigenvalue weighted by molar-refractivity contribution is -0.122. The van der Waals surface area contributed by atoms with Crippen molar-refractivity contribution < 1.29 is 19.2 Å². The number of imide groups is 2. The number of anilines is 2. The zero-order chi connectivity index (χ0) is 34.6. The van der Waals surface area contributed by atoms with Gasteiger partial charge >= 0.3 is 6.03 Å². The molecule has 0 aliphatic carbocycles. The van der Waals surface area contributed by atoms with E-state index in [1.165, 1.54) is 5.39 Å². The quantitative estimate of drug-likeness (QED) is 0.252. The van der Waals surface area contributed by atoms with Crippen molar-refractivity contribution in [1.29, 1.82) is 0 Å². The molecular weight excluding hydrogens is 646 g/mol. The molecular formula is C38H37N9O4. The summed E-state index contributed by atoms with van der Waals surface area (Å²) in [6, 6.07) is 17.3. The molecule has 3 aromatic heterocycles. The number of urea groups is 1. The molecule has 13 heteroatoms. The van der Waals surface area contributed by atoms with E-state index < -0.39 is 23.8 Å². The van der Waals surface area contributed by atoms with E-state index in [2.05, 4.69) is 60.3 Å². The minimum atomic E-state index is -0.757. The van der Waals surface area contributed by atoms with Crippen molar-refractivity contribution in [2.45, 2.75) is 19.3 Å². The molecule has 3 fully saturated rings. The largest absolute Gasteiger partial charge is 0.371 e. The number of benzene rings is 2. The van der Waals surface area contributed by atoms with Gasteiger partial charge in [0.05, 0.1) is 23.4 Å². The molecule has 2 N–H and O–H groups in total. The maximum absolute atomic E-state index is 13.6. The van der Waals surface area contributed by atoms with Crippen LogP contribution in [0.3, 0.4) is 0 Å². The second-order valence-corrected chi connectivity index (χ2v) is 13.8. The average molecular weight is 684 g/mol. The van der Waals surface area contributed by atoms with Crippen molar-refractivity contribution >= 4 is 57.1 Å².